The average molecular weight is 338 g/mol. The zero-order valence-electron chi connectivity index (χ0n) is 11.6. The Kier molecular flexibility index (Phi) is 5.83. The van der Waals surface area contributed by atoms with Crippen molar-refractivity contribution in [1.29, 1.82) is 0 Å². The van der Waals surface area contributed by atoms with E-state index in [0.29, 0.717) is 0 Å². The molecule has 4 heteroatoms. The number of rotatable bonds is 7. The van der Waals surface area contributed by atoms with Gasteiger partial charge < -0.3 is 14.8 Å². The van der Waals surface area contributed by atoms with E-state index in [1.807, 2.05) is 24.3 Å². The highest BCUT2D eigenvalue weighted by molar-refractivity contribution is 9.10. The van der Waals surface area contributed by atoms with E-state index >= 15 is 0 Å². The summed E-state index contributed by atoms with van der Waals surface area (Å²) in [6.45, 7) is 2.29. The maximum atomic E-state index is 9.07. The van der Waals surface area contributed by atoms with Gasteiger partial charge in [0.05, 0.1) is 16.8 Å². The Morgan fingerprint density at radius 1 is 1.25 bits per heavy atom. The summed E-state index contributed by atoms with van der Waals surface area (Å²) in [5.74, 6) is 0.898. The summed E-state index contributed by atoms with van der Waals surface area (Å²) in [5.41, 5.74) is 1.23. The third kappa shape index (κ3) is 3.95. The fourth-order valence-corrected chi connectivity index (χ4v) is 2.86. The number of benzene rings is 1. The van der Waals surface area contributed by atoms with Gasteiger partial charge in [0.1, 0.15) is 5.76 Å². The van der Waals surface area contributed by atoms with Crippen LogP contribution >= 0.6 is 15.9 Å². The summed E-state index contributed by atoms with van der Waals surface area (Å²) in [6, 6.07) is 12.5. The Morgan fingerprint density at radius 3 is 2.60 bits per heavy atom. The number of aliphatic hydroxyl groups excluding tert-OH is 1. The van der Waals surface area contributed by atoms with Gasteiger partial charge in [-0.1, -0.05) is 30.3 Å². The lowest BCUT2D eigenvalue weighted by Gasteiger charge is -2.23. The van der Waals surface area contributed by atoms with E-state index in [-0.39, 0.29) is 18.7 Å². The van der Waals surface area contributed by atoms with Gasteiger partial charge in [0.25, 0.3) is 0 Å². The molecule has 0 spiro atoms. The van der Waals surface area contributed by atoms with Gasteiger partial charge in [-0.25, -0.2) is 0 Å². The third-order valence-electron chi connectivity index (χ3n) is 3.34. The van der Waals surface area contributed by atoms with Crippen LogP contribution in [0.4, 0.5) is 0 Å². The van der Waals surface area contributed by atoms with Crippen LogP contribution in [0.3, 0.4) is 0 Å². The van der Waals surface area contributed by atoms with Crippen LogP contribution in [-0.4, -0.2) is 11.7 Å². The maximum absolute atomic E-state index is 9.07. The fraction of sp³-hybridized carbons (Fsp3) is 0.375. The Hall–Kier alpha value is -1.10. The summed E-state index contributed by atoms with van der Waals surface area (Å²) in [4.78, 5) is 0. The van der Waals surface area contributed by atoms with E-state index in [1.165, 1.54) is 5.56 Å². The van der Waals surface area contributed by atoms with Gasteiger partial charge in [0.2, 0.25) is 0 Å². The standard InChI is InChI=1S/C16H20BrNO2/c1-12(16-14(17)9-11-20-16)18-15(8-5-10-19)13-6-3-2-4-7-13/h2-4,6-7,9,11-12,15,18-19H,5,8,10H2,1H3. The molecule has 0 radical (unpaired) electrons. The number of aliphatic hydroxyl groups is 1. The molecule has 0 fully saturated rings. The van der Waals surface area contributed by atoms with E-state index in [4.69, 9.17) is 9.52 Å². The smallest absolute Gasteiger partial charge is 0.134 e. The predicted octanol–water partition coefficient (Wildman–Crippen LogP) is 4.21. The Bertz CT molecular complexity index is 512. The van der Waals surface area contributed by atoms with Gasteiger partial charge in [-0.15, -0.1) is 0 Å². The summed E-state index contributed by atoms with van der Waals surface area (Å²) >= 11 is 3.49. The molecule has 2 unspecified atom stereocenters. The van der Waals surface area contributed by atoms with E-state index in [2.05, 4.69) is 40.3 Å². The monoisotopic (exact) mass is 337 g/mol. The molecule has 2 aromatic rings. The van der Waals surface area contributed by atoms with Crippen LogP contribution in [0.25, 0.3) is 0 Å². The van der Waals surface area contributed by atoms with Crippen molar-refractivity contribution in [3.63, 3.8) is 0 Å². The van der Waals surface area contributed by atoms with Gasteiger partial charge in [-0.2, -0.15) is 0 Å². The fourth-order valence-electron chi connectivity index (χ4n) is 2.32. The molecule has 1 aromatic carbocycles. The van der Waals surface area contributed by atoms with Crippen molar-refractivity contribution >= 4 is 15.9 Å². The largest absolute Gasteiger partial charge is 0.466 e. The zero-order valence-corrected chi connectivity index (χ0v) is 13.1. The van der Waals surface area contributed by atoms with Crippen LogP contribution in [0, 0.1) is 0 Å². The molecule has 3 nitrogen and oxygen atoms in total. The first-order valence-electron chi connectivity index (χ1n) is 6.87. The molecule has 0 bridgehead atoms. The molecule has 0 aliphatic heterocycles. The first-order chi connectivity index (χ1) is 9.72. The highest BCUT2D eigenvalue weighted by atomic mass is 79.9. The van der Waals surface area contributed by atoms with Gasteiger partial charge in [0.15, 0.2) is 0 Å². The molecule has 2 rings (SSSR count). The lowest BCUT2D eigenvalue weighted by atomic mass is 10.0. The topological polar surface area (TPSA) is 45.4 Å². The van der Waals surface area contributed by atoms with Crippen LogP contribution in [0.15, 0.2) is 51.6 Å². The normalized spacial score (nSPS) is 14.2. The van der Waals surface area contributed by atoms with Crippen LogP contribution in [0.5, 0.6) is 0 Å². The molecule has 1 heterocycles. The predicted molar refractivity (Wildman–Crippen MR) is 83.5 cm³/mol. The molecular weight excluding hydrogens is 318 g/mol. The van der Waals surface area contributed by atoms with Gasteiger partial charge in [-0.3, -0.25) is 0 Å². The second-order valence-electron chi connectivity index (χ2n) is 4.85. The molecule has 0 saturated carbocycles. The number of hydrogen-bond acceptors (Lipinski definition) is 3. The molecule has 20 heavy (non-hydrogen) atoms. The summed E-state index contributed by atoms with van der Waals surface area (Å²) in [7, 11) is 0. The molecule has 108 valence electrons. The van der Waals surface area contributed by atoms with Crippen molar-refractivity contribution in [3.05, 3.63) is 58.5 Å². The van der Waals surface area contributed by atoms with Crippen molar-refractivity contribution < 1.29 is 9.52 Å². The van der Waals surface area contributed by atoms with Crippen molar-refractivity contribution in [3.8, 4) is 0 Å². The quantitative estimate of drug-likeness (QED) is 0.795. The minimum absolute atomic E-state index is 0.100. The molecule has 0 amide bonds. The van der Waals surface area contributed by atoms with Crippen molar-refractivity contribution in [2.24, 2.45) is 0 Å². The van der Waals surface area contributed by atoms with Gasteiger partial charge in [-0.05, 0) is 47.3 Å². The SMILES string of the molecule is CC(NC(CCCO)c1ccccc1)c1occc1Br. The molecule has 0 saturated heterocycles. The van der Waals surface area contributed by atoms with Crippen LogP contribution in [0.2, 0.25) is 0 Å². The molecule has 0 aliphatic rings. The lowest BCUT2D eigenvalue weighted by molar-refractivity contribution is 0.270. The highest BCUT2D eigenvalue weighted by Gasteiger charge is 2.18. The number of halogens is 1. The molecule has 2 atom stereocenters. The molecule has 2 N–H and O–H groups in total. The zero-order chi connectivity index (χ0) is 14.4. The first-order valence-corrected chi connectivity index (χ1v) is 7.66. The van der Waals surface area contributed by atoms with Crippen LogP contribution in [0.1, 0.15) is 43.2 Å². The third-order valence-corrected chi connectivity index (χ3v) is 4.00. The van der Waals surface area contributed by atoms with Crippen LogP contribution in [-0.2, 0) is 0 Å². The maximum Gasteiger partial charge on any atom is 0.134 e. The Labute approximate surface area is 128 Å². The molecule has 0 aliphatic carbocycles. The second kappa shape index (κ2) is 7.62. The van der Waals surface area contributed by atoms with E-state index in [0.717, 1.165) is 23.1 Å². The number of furan rings is 1. The van der Waals surface area contributed by atoms with Crippen molar-refractivity contribution in [2.45, 2.75) is 31.8 Å². The van der Waals surface area contributed by atoms with Gasteiger partial charge in [0, 0.05) is 12.6 Å². The van der Waals surface area contributed by atoms with E-state index in [1.54, 1.807) is 6.26 Å². The minimum atomic E-state index is 0.100. The second-order valence-corrected chi connectivity index (χ2v) is 5.70. The van der Waals surface area contributed by atoms with Crippen molar-refractivity contribution in [2.75, 3.05) is 6.61 Å². The summed E-state index contributed by atoms with van der Waals surface area (Å²) < 4.78 is 6.49. The van der Waals surface area contributed by atoms with Crippen molar-refractivity contribution in [1.82, 2.24) is 5.32 Å². The van der Waals surface area contributed by atoms with Crippen LogP contribution < -0.4 is 5.32 Å². The van der Waals surface area contributed by atoms with E-state index < -0.39 is 0 Å². The Balaban J connectivity index is 2.10. The average Bonchev–Trinajstić information content (AvgIpc) is 2.90. The first kappa shape index (κ1) is 15.3. The lowest BCUT2D eigenvalue weighted by Crippen LogP contribution is -2.25. The van der Waals surface area contributed by atoms with Gasteiger partial charge >= 0.3 is 0 Å². The summed E-state index contributed by atoms with van der Waals surface area (Å²) in [6.07, 6.45) is 3.35. The molecule has 1 aromatic heterocycles. The highest BCUT2D eigenvalue weighted by Crippen LogP contribution is 2.28. The number of hydrogen-bond donors (Lipinski definition) is 2. The molecular formula is C16H20BrNO2. The van der Waals surface area contributed by atoms with E-state index in [9.17, 15) is 0 Å². The Morgan fingerprint density at radius 2 is 2.00 bits per heavy atom. The number of nitrogens with one attached hydrogen (secondary N) is 1. The minimum Gasteiger partial charge on any atom is -0.466 e. The summed E-state index contributed by atoms with van der Waals surface area (Å²) in [5, 5.41) is 12.6.